The molecule has 0 spiro atoms. The van der Waals surface area contributed by atoms with E-state index in [1.165, 1.54) is 0 Å². The molecule has 28 heavy (non-hydrogen) atoms. The Kier molecular flexibility index (Phi) is 4.70. The number of carbonyl (C=O) groups is 1. The van der Waals surface area contributed by atoms with Crippen molar-refractivity contribution in [3.63, 3.8) is 0 Å². The molecule has 1 N–H and O–H groups in total. The van der Waals surface area contributed by atoms with Crippen LogP contribution in [0.15, 0.2) is 24.4 Å². The highest BCUT2D eigenvalue weighted by molar-refractivity contribution is 5.68. The first-order chi connectivity index (χ1) is 13.4. The molecule has 0 bridgehead atoms. The van der Waals surface area contributed by atoms with Crippen molar-refractivity contribution in [3.8, 4) is 11.5 Å². The number of benzene rings is 1. The first kappa shape index (κ1) is 18.3. The molecule has 0 unspecified atom stereocenters. The van der Waals surface area contributed by atoms with Gasteiger partial charge in [-0.15, -0.1) is 0 Å². The summed E-state index contributed by atoms with van der Waals surface area (Å²) in [7, 11) is 0. The second-order valence-corrected chi connectivity index (χ2v) is 7.80. The van der Waals surface area contributed by atoms with E-state index in [2.05, 4.69) is 15.3 Å². The highest BCUT2D eigenvalue weighted by Gasteiger charge is 2.26. The number of ether oxygens (including phenoxy) is 3. The maximum Gasteiger partial charge on any atom is 0.410 e. The third kappa shape index (κ3) is 4.11. The topological polar surface area (TPSA) is 85.8 Å². The molecule has 0 saturated heterocycles. The molecule has 4 rings (SSSR count). The van der Waals surface area contributed by atoms with Gasteiger partial charge in [-0.25, -0.2) is 14.8 Å². The summed E-state index contributed by atoms with van der Waals surface area (Å²) in [6.45, 7) is 7.72. The first-order valence-electron chi connectivity index (χ1n) is 9.37. The Morgan fingerprint density at radius 1 is 1.21 bits per heavy atom. The predicted octanol–water partition coefficient (Wildman–Crippen LogP) is 3.28. The Morgan fingerprint density at radius 2 is 2.00 bits per heavy atom. The average Bonchev–Trinajstić information content (AvgIpc) is 2.66. The van der Waals surface area contributed by atoms with Gasteiger partial charge in [0, 0.05) is 36.5 Å². The van der Waals surface area contributed by atoms with E-state index in [0.717, 1.165) is 22.7 Å². The number of hydrogen-bond acceptors (Lipinski definition) is 7. The molecule has 148 valence electrons. The molecule has 0 fully saturated rings. The van der Waals surface area contributed by atoms with Crippen LogP contribution in [0.25, 0.3) is 0 Å². The lowest BCUT2D eigenvalue weighted by Gasteiger charge is -2.30. The molecule has 0 radical (unpaired) electrons. The fourth-order valence-corrected chi connectivity index (χ4v) is 3.11. The van der Waals surface area contributed by atoms with Crippen LogP contribution in [0, 0.1) is 0 Å². The second kappa shape index (κ2) is 7.18. The summed E-state index contributed by atoms with van der Waals surface area (Å²) in [5.41, 5.74) is 2.20. The molecule has 1 amide bonds. The summed E-state index contributed by atoms with van der Waals surface area (Å²) in [4.78, 5) is 23.0. The smallest absolute Gasteiger partial charge is 0.410 e. The number of fused-ring (bicyclic) bond motifs is 2. The molecule has 2 aliphatic rings. The van der Waals surface area contributed by atoms with E-state index in [-0.39, 0.29) is 6.09 Å². The molecule has 1 aromatic heterocycles. The zero-order valence-corrected chi connectivity index (χ0v) is 16.3. The molecule has 2 aromatic rings. The lowest BCUT2D eigenvalue weighted by atomic mass is 10.1. The van der Waals surface area contributed by atoms with E-state index in [1.54, 1.807) is 11.1 Å². The molecule has 0 atom stereocenters. The van der Waals surface area contributed by atoms with Crippen molar-refractivity contribution in [2.24, 2.45) is 0 Å². The Morgan fingerprint density at radius 3 is 2.79 bits per heavy atom. The van der Waals surface area contributed by atoms with Crippen molar-refractivity contribution >= 4 is 17.7 Å². The minimum Gasteiger partial charge on any atom is -0.486 e. The van der Waals surface area contributed by atoms with Crippen LogP contribution in [-0.4, -0.2) is 46.3 Å². The van der Waals surface area contributed by atoms with Crippen LogP contribution in [0.1, 0.15) is 32.0 Å². The number of carbonyl (C=O) groups excluding carboxylic acids is 1. The number of nitrogens with zero attached hydrogens (tertiary/aromatic N) is 3. The summed E-state index contributed by atoms with van der Waals surface area (Å²) in [5, 5.41) is 3.21. The van der Waals surface area contributed by atoms with Gasteiger partial charge in [0.2, 0.25) is 5.95 Å². The van der Waals surface area contributed by atoms with Crippen molar-refractivity contribution in [2.45, 2.75) is 39.3 Å². The van der Waals surface area contributed by atoms with Crippen LogP contribution in [0.3, 0.4) is 0 Å². The normalized spacial score (nSPS) is 15.6. The molecular weight excluding hydrogens is 360 g/mol. The average molecular weight is 384 g/mol. The molecule has 2 aliphatic heterocycles. The van der Waals surface area contributed by atoms with Gasteiger partial charge in [-0.05, 0) is 32.9 Å². The van der Waals surface area contributed by atoms with Gasteiger partial charge in [0.25, 0.3) is 0 Å². The quantitative estimate of drug-likeness (QED) is 0.850. The summed E-state index contributed by atoms with van der Waals surface area (Å²) in [5.74, 6) is 1.97. The van der Waals surface area contributed by atoms with Crippen molar-refractivity contribution in [3.05, 3.63) is 35.7 Å². The van der Waals surface area contributed by atoms with E-state index < -0.39 is 5.60 Å². The number of rotatable bonds is 2. The SMILES string of the molecule is CC(C)(C)OC(=O)N1CCc2nc(Nc3ccc4c(c3)OCCO4)ncc2C1. The van der Waals surface area contributed by atoms with Gasteiger partial charge in [-0.2, -0.15) is 0 Å². The van der Waals surface area contributed by atoms with E-state index in [1.807, 2.05) is 39.0 Å². The standard InChI is InChI=1S/C20H24N4O4/c1-20(2,3)28-19(25)24-7-6-15-13(12-24)11-21-18(23-15)22-14-4-5-16-17(10-14)27-9-8-26-16/h4-5,10-11H,6-9,12H2,1-3H3,(H,21,22,23). The molecule has 1 aromatic carbocycles. The third-order valence-corrected chi connectivity index (χ3v) is 4.38. The fraction of sp³-hybridized carbons (Fsp3) is 0.450. The summed E-state index contributed by atoms with van der Waals surface area (Å²) in [6, 6.07) is 5.65. The van der Waals surface area contributed by atoms with Crippen molar-refractivity contribution < 1.29 is 19.0 Å². The number of aromatic nitrogens is 2. The molecule has 8 heteroatoms. The highest BCUT2D eigenvalue weighted by atomic mass is 16.6. The monoisotopic (exact) mass is 384 g/mol. The molecule has 8 nitrogen and oxygen atoms in total. The van der Waals surface area contributed by atoms with Gasteiger partial charge in [0.15, 0.2) is 11.5 Å². The van der Waals surface area contributed by atoms with Gasteiger partial charge >= 0.3 is 6.09 Å². The van der Waals surface area contributed by atoms with Gasteiger partial charge in [0.1, 0.15) is 18.8 Å². The van der Waals surface area contributed by atoms with Gasteiger partial charge in [0.05, 0.1) is 12.2 Å². The largest absolute Gasteiger partial charge is 0.486 e. The highest BCUT2D eigenvalue weighted by Crippen LogP contribution is 2.33. The van der Waals surface area contributed by atoms with Crippen LogP contribution >= 0.6 is 0 Å². The Balaban J connectivity index is 1.45. The number of nitrogens with one attached hydrogen (secondary N) is 1. The maximum atomic E-state index is 12.3. The van der Waals surface area contributed by atoms with Gasteiger partial charge in [-0.3, -0.25) is 0 Å². The van der Waals surface area contributed by atoms with Gasteiger partial charge < -0.3 is 24.4 Å². The Bertz CT molecular complexity index is 894. The molecule has 0 saturated carbocycles. The lowest BCUT2D eigenvalue weighted by molar-refractivity contribution is 0.0222. The van der Waals surface area contributed by atoms with Crippen molar-refractivity contribution in [1.29, 1.82) is 0 Å². The number of anilines is 2. The fourth-order valence-electron chi connectivity index (χ4n) is 3.11. The predicted molar refractivity (Wildman–Crippen MR) is 103 cm³/mol. The zero-order chi connectivity index (χ0) is 19.7. The van der Waals surface area contributed by atoms with Crippen molar-refractivity contribution in [1.82, 2.24) is 14.9 Å². The summed E-state index contributed by atoms with van der Waals surface area (Å²) >= 11 is 0. The van der Waals surface area contributed by atoms with Crippen LogP contribution in [0.2, 0.25) is 0 Å². The van der Waals surface area contributed by atoms with E-state index in [9.17, 15) is 4.79 Å². The zero-order valence-electron chi connectivity index (χ0n) is 16.3. The van der Waals surface area contributed by atoms with Crippen LogP contribution in [0.4, 0.5) is 16.4 Å². The van der Waals surface area contributed by atoms with E-state index in [0.29, 0.717) is 44.4 Å². The third-order valence-electron chi connectivity index (χ3n) is 4.38. The minimum absolute atomic E-state index is 0.309. The molecule has 3 heterocycles. The van der Waals surface area contributed by atoms with Gasteiger partial charge in [-0.1, -0.05) is 0 Å². The summed E-state index contributed by atoms with van der Waals surface area (Å²) in [6.07, 6.45) is 2.11. The number of hydrogen-bond donors (Lipinski definition) is 1. The minimum atomic E-state index is -0.509. The summed E-state index contributed by atoms with van der Waals surface area (Å²) < 4.78 is 16.6. The number of amides is 1. The molecular formula is C20H24N4O4. The molecule has 0 aliphatic carbocycles. The van der Waals surface area contributed by atoms with Crippen LogP contribution in [0.5, 0.6) is 11.5 Å². The Hall–Kier alpha value is -3.03. The second-order valence-electron chi connectivity index (χ2n) is 7.80. The Labute approximate surface area is 163 Å². The first-order valence-corrected chi connectivity index (χ1v) is 9.37. The van der Waals surface area contributed by atoms with Crippen LogP contribution < -0.4 is 14.8 Å². The van der Waals surface area contributed by atoms with Crippen LogP contribution in [-0.2, 0) is 17.7 Å². The van der Waals surface area contributed by atoms with E-state index >= 15 is 0 Å². The van der Waals surface area contributed by atoms with Crippen molar-refractivity contribution in [2.75, 3.05) is 25.1 Å². The van der Waals surface area contributed by atoms with E-state index in [4.69, 9.17) is 14.2 Å². The maximum absolute atomic E-state index is 12.3. The lowest BCUT2D eigenvalue weighted by Crippen LogP contribution is -2.40.